The van der Waals surface area contributed by atoms with Gasteiger partial charge in [0.05, 0.1) is 6.04 Å². The summed E-state index contributed by atoms with van der Waals surface area (Å²) in [6.45, 7) is 1.54. The molecule has 100 valence electrons. The first-order chi connectivity index (χ1) is 9.77. The van der Waals surface area contributed by atoms with Crippen LogP contribution in [0.2, 0.25) is 0 Å². The van der Waals surface area contributed by atoms with Crippen LogP contribution >= 0.6 is 0 Å². The lowest BCUT2D eigenvalue weighted by Gasteiger charge is -2.31. The van der Waals surface area contributed by atoms with Crippen molar-refractivity contribution in [2.24, 2.45) is 0 Å². The average Bonchev–Trinajstić information content (AvgIpc) is 2.99. The molecular weight excluding hydrogens is 252 g/mol. The third-order valence-electron chi connectivity index (χ3n) is 4.20. The maximum Gasteiger partial charge on any atom is 0.261 e. The minimum atomic E-state index is -0.159. The fourth-order valence-corrected chi connectivity index (χ4v) is 3.24. The predicted molar refractivity (Wildman–Crippen MR) is 75.7 cm³/mol. The second kappa shape index (κ2) is 4.15. The van der Waals surface area contributed by atoms with E-state index < -0.39 is 0 Å². The number of hydrogen-bond acceptors (Lipinski definition) is 3. The Labute approximate surface area is 116 Å². The van der Waals surface area contributed by atoms with Gasteiger partial charge in [0.1, 0.15) is 0 Å². The highest BCUT2D eigenvalue weighted by molar-refractivity contribution is 6.25. The average molecular weight is 266 g/mol. The third-order valence-corrected chi connectivity index (χ3v) is 4.20. The first-order valence-electron chi connectivity index (χ1n) is 6.88. The first-order valence-corrected chi connectivity index (χ1v) is 6.88. The van der Waals surface area contributed by atoms with Crippen LogP contribution in [0.15, 0.2) is 36.4 Å². The molecule has 1 N–H and O–H groups in total. The van der Waals surface area contributed by atoms with Crippen LogP contribution in [0.3, 0.4) is 0 Å². The molecule has 2 heterocycles. The summed E-state index contributed by atoms with van der Waals surface area (Å²) in [5.74, 6) is -0.319. The van der Waals surface area contributed by atoms with Crippen LogP contribution in [-0.4, -0.2) is 35.8 Å². The summed E-state index contributed by atoms with van der Waals surface area (Å²) in [6.07, 6.45) is 0.829. The number of hydrogen-bond donors (Lipinski definition) is 1. The van der Waals surface area contributed by atoms with Crippen LogP contribution in [0.25, 0.3) is 10.8 Å². The molecule has 1 unspecified atom stereocenters. The van der Waals surface area contributed by atoms with E-state index >= 15 is 0 Å². The van der Waals surface area contributed by atoms with Crippen molar-refractivity contribution in [3.8, 4) is 0 Å². The molecular formula is C16H14N2O2. The normalized spacial score (nSPS) is 21.8. The first kappa shape index (κ1) is 11.6. The van der Waals surface area contributed by atoms with Gasteiger partial charge in [0.15, 0.2) is 0 Å². The van der Waals surface area contributed by atoms with Gasteiger partial charge in [-0.2, -0.15) is 0 Å². The topological polar surface area (TPSA) is 49.4 Å². The Hall–Kier alpha value is -2.20. The van der Waals surface area contributed by atoms with Gasteiger partial charge < -0.3 is 5.32 Å². The van der Waals surface area contributed by atoms with Crippen molar-refractivity contribution in [2.75, 3.05) is 13.1 Å². The van der Waals surface area contributed by atoms with Gasteiger partial charge >= 0.3 is 0 Å². The number of nitrogens with one attached hydrogen (secondary N) is 1. The molecule has 20 heavy (non-hydrogen) atoms. The van der Waals surface area contributed by atoms with E-state index in [1.165, 1.54) is 4.90 Å². The Bertz CT molecular complexity index is 682. The molecule has 4 heteroatoms. The van der Waals surface area contributed by atoms with Crippen LogP contribution in [0.1, 0.15) is 27.1 Å². The number of rotatable bonds is 1. The Balaban J connectivity index is 1.95. The number of imide groups is 1. The van der Waals surface area contributed by atoms with E-state index in [4.69, 9.17) is 0 Å². The molecule has 4 nitrogen and oxygen atoms in total. The molecule has 2 aromatic rings. The Morgan fingerprint density at radius 3 is 2.20 bits per heavy atom. The number of amides is 2. The zero-order chi connectivity index (χ0) is 13.7. The van der Waals surface area contributed by atoms with Gasteiger partial charge in [-0.05, 0) is 30.5 Å². The van der Waals surface area contributed by atoms with Gasteiger partial charge in [-0.1, -0.05) is 24.3 Å². The Kier molecular flexibility index (Phi) is 2.41. The SMILES string of the molecule is O=C1c2cccc3cccc(c23)C(=O)N1C1CCNC1. The highest BCUT2D eigenvalue weighted by atomic mass is 16.2. The molecule has 0 bridgehead atoms. The molecule has 0 saturated carbocycles. The summed E-state index contributed by atoms with van der Waals surface area (Å²) >= 11 is 0. The smallest absolute Gasteiger partial charge is 0.261 e. The lowest BCUT2D eigenvalue weighted by molar-refractivity contribution is 0.0551. The zero-order valence-corrected chi connectivity index (χ0v) is 10.9. The van der Waals surface area contributed by atoms with Crippen molar-refractivity contribution in [3.05, 3.63) is 47.5 Å². The minimum absolute atomic E-state index is 0.0291. The van der Waals surface area contributed by atoms with Crippen LogP contribution in [-0.2, 0) is 0 Å². The second-order valence-electron chi connectivity index (χ2n) is 5.34. The molecule has 1 atom stereocenters. The van der Waals surface area contributed by atoms with Crippen LogP contribution in [0.5, 0.6) is 0 Å². The van der Waals surface area contributed by atoms with Crippen molar-refractivity contribution in [1.82, 2.24) is 10.2 Å². The Morgan fingerprint density at radius 2 is 1.65 bits per heavy atom. The summed E-state index contributed by atoms with van der Waals surface area (Å²) < 4.78 is 0. The Morgan fingerprint density at radius 1 is 1.00 bits per heavy atom. The summed E-state index contributed by atoms with van der Waals surface area (Å²) in [7, 11) is 0. The van der Waals surface area contributed by atoms with E-state index in [0.29, 0.717) is 17.7 Å². The van der Waals surface area contributed by atoms with Crippen molar-refractivity contribution in [1.29, 1.82) is 0 Å². The van der Waals surface area contributed by atoms with Crippen molar-refractivity contribution in [3.63, 3.8) is 0 Å². The van der Waals surface area contributed by atoms with E-state index in [2.05, 4.69) is 5.32 Å². The van der Waals surface area contributed by atoms with Crippen LogP contribution in [0, 0.1) is 0 Å². The van der Waals surface area contributed by atoms with Gasteiger partial charge in [0.25, 0.3) is 11.8 Å². The molecule has 0 spiro atoms. The molecule has 2 aromatic carbocycles. The van der Waals surface area contributed by atoms with Crippen molar-refractivity contribution < 1.29 is 9.59 Å². The molecule has 0 radical (unpaired) electrons. The fraction of sp³-hybridized carbons (Fsp3) is 0.250. The highest BCUT2D eigenvalue weighted by Crippen LogP contribution is 2.31. The van der Waals surface area contributed by atoms with Gasteiger partial charge in [-0.15, -0.1) is 0 Å². The number of carbonyl (C=O) groups is 2. The van der Waals surface area contributed by atoms with E-state index in [1.54, 1.807) is 0 Å². The zero-order valence-electron chi connectivity index (χ0n) is 10.9. The number of benzene rings is 2. The molecule has 0 aliphatic carbocycles. The quantitative estimate of drug-likeness (QED) is 0.801. The van der Waals surface area contributed by atoms with E-state index in [9.17, 15) is 9.59 Å². The van der Waals surface area contributed by atoms with Crippen molar-refractivity contribution >= 4 is 22.6 Å². The van der Waals surface area contributed by atoms with Gasteiger partial charge in [-0.3, -0.25) is 14.5 Å². The maximum atomic E-state index is 12.7. The van der Waals surface area contributed by atoms with E-state index in [1.807, 2.05) is 36.4 Å². The molecule has 2 amide bonds. The van der Waals surface area contributed by atoms with E-state index in [0.717, 1.165) is 23.7 Å². The van der Waals surface area contributed by atoms with Gasteiger partial charge in [-0.25, -0.2) is 0 Å². The molecule has 1 saturated heterocycles. The molecule has 2 aliphatic rings. The van der Waals surface area contributed by atoms with Crippen LogP contribution in [0.4, 0.5) is 0 Å². The molecule has 2 aliphatic heterocycles. The minimum Gasteiger partial charge on any atom is -0.315 e. The van der Waals surface area contributed by atoms with Gasteiger partial charge in [0.2, 0.25) is 0 Å². The largest absolute Gasteiger partial charge is 0.315 e. The molecule has 1 fully saturated rings. The van der Waals surface area contributed by atoms with Crippen molar-refractivity contribution in [2.45, 2.75) is 12.5 Å². The monoisotopic (exact) mass is 266 g/mol. The van der Waals surface area contributed by atoms with Crippen LogP contribution < -0.4 is 5.32 Å². The third kappa shape index (κ3) is 1.45. The fourth-order valence-electron chi connectivity index (χ4n) is 3.24. The summed E-state index contributed by atoms with van der Waals surface area (Å²) in [6, 6.07) is 11.2. The van der Waals surface area contributed by atoms with E-state index in [-0.39, 0.29) is 17.9 Å². The highest BCUT2D eigenvalue weighted by Gasteiger charge is 2.38. The van der Waals surface area contributed by atoms with Gasteiger partial charge in [0, 0.05) is 23.1 Å². The summed E-state index contributed by atoms with van der Waals surface area (Å²) in [5, 5.41) is 4.96. The number of nitrogens with zero attached hydrogens (tertiary/aromatic N) is 1. The summed E-state index contributed by atoms with van der Waals surface area (Å²) in [5.41, 5.74) is 1.29. The maximum absolute atomic E-state index is 12.7. The predicted octanol–water partition coefficient (Wildman–Crippen LogP) is 1.80. The standard InChI is InChI=1S/C16H14N2O2/c19-15-12-5-1-3-10-4-2-6-13(14(10)12)16(20)18(15)11-7-8-17-9-11/h1-6,11,17H,7-9H2. The molecule has 0 aromatic heterocycles. The number of carbonyl (C=O) groups excluding carboxylic acids is 2. The second-order valence-corrected chi connectivity index (χ2v) is 5.34. The lowest BCUT2D eigenvalue weighted by Crippen LogP contribution is -2.47. The summed E-state index contributed by atoms with van der Waals surface area (Å²) in [4.78, 5) is 26.8. The lowest BCUT2D eigenvalue weighted by atomic mass is 9.93. The molecule has 4 rings (SSSR count).